The van der Waals surface area contributed by atoms with Gasteiger partial charge in [-0.15, -0.1) is 11.3 Å². The van der Waals surface area contributed by atoms with Crippen LogP contribution in [0.2, 0.25) is 0 Å². The summed E-state index contributed by atoms with van der Waals surface area (Å²) in [4.78, 5) is 4.49. The third kappa shape index (κ3) is 4.90. The first-order valence-electron chi connectivity index (χ1n) is 7.69. The molecule has 0 aliphatic heterocycles. The van der Waals surface area contributed by atoms with E-state index in [1.807, 2.05) is 29.6 Å². The number of thiazole rings is 1. The van der Waals surface area contributed by atoms with Crippen LogP contribution in [0.15, 0.2) is 64.6 Å². The van der Waals surface area contributed by atoms with Crippen molar-refractivity contribution in [3.8, 4) is 23.1 Å². The molecule has 0 saturated carbocycles. The molecule has 2 aromatic carbocycles. The largest absolute Gasteiger partial charge is 0.433 e. The Morgan fingerprint density at radius 2 is 2.07 bits per heavy atom. The van der Waals surface area contributed by atoms with Gasteiger partial charge in [0.1, 0.15) is 22.4 Å². The van der Waals surface area contributed by atoms with Gasteiger partial charge in [0, 0.05) is 21.6 Å². The van der Waals surface area contributed by atoms with Gasteiger partial charge in [-0.1, -0.05) is 40.2 Å². The molecule has 0 atom stereocenters. The standard InChI is InChI=1S/C19H12BrF2N3OS/c20-14-5-3-4-12(8-14)16-11-27-18(25-16)13(9-23)10-24-15-6-1-2-7-17(15)26-19(21)22/h1-8,10-11,19,24H. The molecule has 0 amide bonds. The van der Waals surface area contributed by atoms with E-state index in [-0.39, 0.29) is 11.3 Å². The lowest BCUT2D eigenvalue weighted by atomic mass is 10.2. The number of ether oxygens (including phenoxy) is 1. The van der Waals surface area contributed by atoms with Gasteiger partial charge in [0.2, 0.25) is 0 Å². The predicted octanol–water partition coefficient (Wildman–Crippen LogP) is 6.15. The van der Waals surface area contributed by atoms with E-state index in [1.165, 1.54) is 23.6 Å². The molecule has 1 heterocycles. The lowest BCUT2D eigenvalue weighted by molar-refractivity contribution is -0.0493. The molecule has 3 aromatic rings. The molecule has 3 rings (SSSR count). The van der Waals surface area contributed by atoms with Crippen LogP contribution in [0.3, 0.4) is 0 Å². The zero-order valence-electron chi connectivity index (χ0n) is 13.7. The minimum absolute atomic E-state index is 0.00463. The van der Waals surface area contributed by atoms with E-state index in [9.17, 15) is 14.0 Å². The summed E-state index contributed by atoms with van der Waals surface area (Å²) in [5.74, 6) is -0.00463. The van der Waals surface area contributed by atoms with Crippen molar-refractivity contribution in [3.05, 3.63) is 69.6 Å². The van der Waals surface area contributed by atoms with Crippen LogP contribution in [0.25, 0.3) is 16.8 Å². The van der Waals surface area contributed by atoms with Crippen molar-refractivity contribution in [2.45, 2.75) is 6.61 Å². The Morgan fingerprint density at radius 1 is 1.26 bits per heavy atom. The number of rotatable bonds is 6. The summed E-state index contributed by atoms with van der Waals surface area (Å²) >= 11 is 4.74. The normalized spacial score (nSPS) is 11.3. The average molecular weight is 448 g/mol. The summed E-state index contributed by atoms with van der Waals surface area (Å²) in [6.07, 6.45) is 1.43. The highest BCUT2D eigenvalue weighted by Gasteiger charge is 2.11. The number of allylic oxidation sites excluding steroid dienone is 1. The summed E-state index contributed by atoms with van der Waals surface area (Å²) in [5, 5.41) is 14.7. The molecule has 0 aliphatic carbocycles. The van der Waals surface area contributed by atoms with Gasteiger partial charge in [-0.25, -0.2) is 4.98 Å². The second kappa shape index (κ2) is 8.75. The third-order valence-corrected chi connectivity index (χ3v) is 4.82. The molecular weight excluding hydrogens is 436 g/mol. The third-order valence-electron chi connectivity index (χ3n) is 3.45. The highest BCUT2D eigenvalue weighted by atomic mass is 79.9. The van der Waals surface area contributed by atoms with E-state index in [0.29, 0.717) is 10.7 Å². The van der Waals surface area contributed by atoms with Gasteiger partial charge in [0.15, 0.2) is 0 Å². The maximum Gasteiger partial charge on any atom is 0.387 e. The van der Waals surface area contributed by atoms with Gasteiger partial charge in [-0.2, -0.15) is 14.0 Å². The van der Waals surface area contributed by atoms with Gasteiger partial charge in [0.05, 0.1) is 11.4 Å². The summed E-state index contributed by atoms with van der Waals surface area (Å²) in [7, 11) is 0. The Morgan fingerprint density at radius 3 is 2.81 bits per heavy atom. The first-order chi connectivity index (χ1) is 13.1. The Balaban J connectivity index is 1.83. The van der Waals surface area contributed by atoms with Crippen molar-refractivity contribution >= 4 is 38.5 Å². The molecule has 0 bridgehead atoms. The average Bonchev–Trinajstić information content (AvgIpc) is 3.13. The highest BCUT2D eigenvalue weighted by Crippen LogP contribution is 2.29. The Hall–Kier alpha value is -2.76. The monoisotopic (exact) mass is 447 g/mol. The zero-order valence-corrected chi connectivity index (χ0v) is 16.1. The number of nitriles is 1. The fraction of sp³-hybridized carbons (Fsp3) is 0.0526. The van der Waals surface area contributed by atoms with Crippen LogP contribution in [0, 0.1) is 11.3 Å². The van der Waals surface area contributed by atoms with Crippen LogP contribution in [-0.4, -0.2) is 11.6 Å². The number of aromatic nitrogens is 1. The number of nitrogens with one attached hydrogen (secondary N) is 1. The van der Waals surface area contributed by atoms with Crippen molar-refractivity contribution in [1.29, 1.82) is 5.26 Å². The summed E-state index contributed by atoms with van der Waals surface area (Å²) in [5.41, 5.74) is 2.29. The number of hydrogen-bond acceptors (Lipinski definition) is 5. The molecule has 0 radical (unpaired) electrons. The minimum atomic E-state index is -2.93. The first-order valence-corrected chi connectivity index (χ1v) is 9.36. The number of halogens is 3. The number of benzene rings is 2. The van der Waals surface area contributed by atoms with Crippen LogP contribution in [0.1, 0.15) is 5.01 Å². The van der Waals surface area contributed by atoms with Crippen molar-refractivity contribution in [2.24, 2.45) is 0 Å². The van der Waals surface area contributed by atoms with E-state index >= 15 is 0 Å². The van der Waals surface area contributed by atoms with Gasteiger partial charge >= 0.3 is 6.61 Å². The maximum absolute atomic E-state index is 12.5. The van der Waals surface area contributed by atoms with Gasteiger partial charge in [-0.3, -0.25) is 0 Å². The van der Waals surface area contributed by atoms with E-state index in [4.69, 9.17) is 0 Å². The number of para-hydroxylation sites is 2. The fourth-order valence-corrected chi connectivity index (χ4v) is 3.45. The molecule has 0 spiro atoms. The number of nitrogens with zero attached hydrogens (tertiary/aromatic N) is 2. The van der Waals surface area contributed by atoms with Crippen LogP contribution in [0.4, 0.5) is 14.5 Å². The van der Waals surface area contributed by atoms with Gasteiger partial charge < -0.3 is 10.1 Å². The molecule has 1 N–H and O–H groups in total. The smallest absolute Gasteiger partial charge is 0.387 e. The summed E-state index contributed by atoms with van der Waals surface area (Å²) in [6.45, 7) is -2.93. The Bertz CT molecular complexity index is 1010. The van der Waals surface area contributed by atoms with E-state index in [0.717, 1.165) is 15.7 Å². The van der Waals surface area contributed by atoms with Crippen LogP contribution in [-0.2, 0) is 0 Å². The van der Waals surface area contributed by atoms with E-state index in [1.54, 1.807) is 18.2 Å². The molecule has 0 saturated heterocycles. The Kier molecular flexibility index (Phi) is 6.16. The quantitative estimate of drug-likeness (QED) is 0.460. The molecule has 1 aromatic heterocycles. The first kappa shape index (κ1) is 19.0. The minimum Gasteiger partial charge on any atom is -0.433 e. The summed E-state index contributed by atoms with van der Waals surface area (Å²) < 4.78 is 30.4. The number of hydrogen-bond donors (Lipinski definition) is 1. The second-order valence-corrected chi connectivity index (χ2v) is 7.01. The molecule has 0 unspecified atom stereocenters. The van der Waals surface area contributed by atoms with Gasteiger partial charge in [-0.05, 0) is 24.3 Å². The van der Waals surface area contributed by atoms with E-state index < -0.39 is 6.61 Å². The van der Waals surface area contributed by atoms with Crippen LogP contribution in [0.5, 0.6) is 5.75 Å². The molecule has 0 fully saturated rings. The lowest BCUT2D eigenvalue weighted by Crippen LogP contribution is -2.04. The molecule has 0 aliphatic rings. The molecule has 136 valence electrons. The predicted molar refractivity (Wildman–Crippen MR) is 106 cm³/mol. The highest BCUT2D eigenvalue weighted by molar-refractivity contribution is 9.10. The molecular formula is C19H12BrF2N3OS. The molecule has 27 heavy (non-hydrogen) atoms. The second-order valence-electron chi connectivity index (χ2n) is 5.24. The SMILES string of the molecule is N#CC(=CNc1ccccc1OC(F)F)c1nc(-c2cccc(Br)c2)cs1. The van der Waals surface area contributed by atoms with E-state index in [2.05, 4.69) is 37.0 Å². The van der Waals surface area contributed by atoms with Crippen LogP contribution < -0.4 is 10.1 Å². The van der Waals surface area contributed by atoms with Crippen molar-refractivity contribution in [1.82, 2.24) is 4.98 Å². The van der Waals surface area contributed by atoms with Gasteiger partial charge in [0.25, 0.3) is 0 Å². The molecule has 8 heteroatoms. The zero-order chi connectivity index (χ0) is 19.2. The number of anilines is 1. The van der Waals surface area contributed by atoms with Crippen molar-refractivity contribution in [3.63, 3.8) is 0 Å². The number of alkyl halides is 2. The maximum atomic E-state index is 12.5. The lowest BCUT2D eigenvalue weighted by Gasteiger charge is -2.10. The summed E-state index contributed by atoms with van der Waals surface area (Å²) in [6, 6.07) is 16.0. The molecule has 4 nitrogen and oxygen atoms in total. The topological polar surface area (TPSA) is 57.9 Å². The Labute approximate surface area is 166 Å². The van der Waals surface area contributed by atoms with Crippen LogP contribution >= 0.6 is 27.3 Å². The van der Waals surface area contributed by atoms with Crippen molar-refractivity contribution in [2.75, 3.05) is 5.32 Å². The van der Waals surface area contributed by atoms with Crippen molar-refractivity contribution < 1.29 is 13.5 Å². The fourth-order valence-electron chi connectivity index (χ4n) is 2.25.